The number of carbonyl (C=O) groups is 1. The molecule has 0 fully saturated rings. The Bertz CT molecular complexity index is 555. The maximum Gasteiger partial charge on any atom is 0.335 e. The van der Waals surface area contributed by atoms with Gasteiger partial charge in [-0.25, -0.2) is 4.79 Å². The third-order valence-electron chi connectivity index (χ3n) is 2.74. The minimum absolute atomic E-state index is 0.0653. The number of aromatic amines is 1. The number of aromatic carboxylic acids is 1. The van der Waals surface area contributed by atoms with Crippen molar-refractivity contribution in [3.63, 3.8) is 0 Å². The summed E-state index contributed by atoms with van der Waals surface area (Å²) in [5.74, 6) is -0.920. The Morgan fingerprint density at radius 3 is 2.75 bits per heavy atom. The smallest absolute Gasteiger partial charge is 0.335 e. The largest absolute Gasteiger partial charge is 0.478 e. The van der Waals surface area contributed by atoms with Gasteiger partial charge in [0.25, 0.3) is 0 Å². The maximum absolute atomic E-state index is 10.8. The van der Waals surface area contributed by atoms with Crippen molar-refractivity contribution in [2.24, 2.45) is 5.73 Å². The van der Waals surface area contributed by atoms with Gasteiger partial charge in [0.05, 0.1) is 5.56 Å². The van der Waals surface area contributed by atoms with E-state index in [1.165, 1.54) is 0 Å². The summed E-state index contributed by atoms with van der Waals surface area (Å²) in [6.07, 6.45) is 0. The van der Waals surface area contributed by atoms with Crippen molar-refractivity contribution < 1.29 is 9.90 Å². The van der Waals surface area contributed by atoms with Crippen molar-refractivity contribution in [3.8, 4) is 0 Å². The summed E-state index contributed by atoms with van der Waals surface area (Å²) in [7, 11) is 0. The van der Waals surface area contributed by atoms with E-state index in [0.29, 0.717) is 0 Å². The molecule has 0 aliphatic rings. The number of H-pyrrole nitrogens is 1. The molecule has 4 heteroatoms. The molecule has 1 aromatic heterocycles. The second kappa shape index (κ2) is 3.64. The van der Waals surface area contributed by atoms with Crippen LogP contribution in [0.2, 0.25) is 0 Å². The van der Waals surface area contributed by atoms with Crippen molar-refractivity contribution in [1.82, 2.24) is 4.98 Å². The molecule has 84 valence electrons. The number of carboxylic acid groups (broad SMARTS) is 1. The van der Waals surface area contributed by atoms with Crippen LogP contribution in [0.5, 0.6) is 0 Å². The van der Waals surface area contributed by atoms with Gasteiger partial charge in [0, 0.05) is 22.6 Å². The Morgan fingerprint density at radius 2 is 2.19 bits per heavy atom. The highest BCUT2D eigenvalue weighted by Crippen LogP contribution is 2.27. The normalized spacial score (nSPS) is 12.9. The summed E-state index contributed by atoms with van der Waals surface area (Å²) in [4.78, 5) is 14.0. The molecule has 4 nitrogen and oxygen atoms in total. The molecule has 1 aromatic carbocycles. The number of nitrogens with one attached hydrogen (secondary N) is 1. The van der Waals surface area contributed by atoms with Crippen molar-refractivity contribution in [2.75, 3.05) is 0 Å². The number of rotatable bonds is 2. The van der Waals surface area contributed by atoms with Gasteiger partial charge in [-0.15, -0.1) is 0 Å². The summed E-state index contributed by atoms with van der Waals surface area (Å²) in [6, 6.07) is 4.98. The molecule has 1 unspecified atom stereocenters. The van der Waals surface area contributed by atoms with E-state index in [1.54, 1.807) is 18.2 Å². The van der Waals surface area contributed by atoms with Crippen LogP contribution in [-0.2, 0) is 0 Å². The average Bonchev–Trinajstić information content (AvgIpc) is 2.51. The molecule has 0 aliphatic carbocycles. The molecule has 0 spiro atoms. The zero-order chi connectivity index (χ0) is 11.9. The lowest BCUT2D eigenvalue weighted by atomic mass is 10.0. The van der Waals surface area contributed by atoms with Crippen LogP contribution in [0, 0.1) is 6.92 Å². The number of aromatic nitrogens is 1. The summed E-state index contributed by atoms with van der Waals surface area (Å²) in [5, 5.41) is 9.89. The molecule has 0 aliphatic heterocycles. The lowest BCUT2D eigenvalue weighted by Gasteiger charge is -2.04. The topological polar surface area (TPSA) is 79.1 Å². The number of nitrogens with two attached hydrogens (primary N) is 1. The van der Waals surface area contributed by atoms with Crippen LogP contribution in [0.15, 0.2) is 18.2 Å². The zero-order valence-corrected chi connectivity index (χ0v) is 9.24. The third kappa shape index (κ3) is 1.57. The molecule has 16 heavy (non-hydrogen) atoms. The molecular weight excluding hydrogens is 204 g/mol. The third-order valence-corrected chi connectivity index (χ3v) is 2.74. The second-order valence-corrected chi connectivity index (χ2v) is 4.02. The number of aryl methyl sites for hydroxylation is 1. The van der Waals surface area contributed by atoms with Crippen molar-refractivity contribution in [1.29, 1.82) is 0 Å². The Kier molecular flexibility index (Phi) is 2.44. The molecule has 4 N–H and O–H groups in total. The quantitative estimate of drug-likeness (QED) is 0.722. The monoisotopic (exact) mass is 218 g/mol. The lowest BCUT2D eigenvalue weighted by molar-refractivity contribution is 0.0697. The van der Waals surface area contributed by atoms with Gasteiger partial charge in [0.1, 0.15) is 0 Å². The van der Waals surface area contributed by atoms with Crippen LogP contribution in [0.25, 0.3) is 10.9 Å². The van der Waals surface area contributed by atoms with Gasteiger partial charge in [0.15, 0.2) is 0 Å². The zero-order valence-electron chi connectivity index (χ0n) is 9.24. The van der Waals surface area contributed by atoms with Gasteiger partial charge in [-0.2, -0.15) is 0 Å². The van der Waals surface area contributed by atoms with Gasteiger partial charge >= 0.3 is 5.97 Å². The Morgan fingerprint density at radius 1 is 1.50 bits per heavy atom. The first kappa shape index (κ1) is 10.7. The summed E-state index contributed by atoms with van der Waals surface area (Å²) < 4.78 is 0. The standard InChI is InChI=1S/C12H14N2O2/c1-6(13)11-7(2)14-10-5-8(12(15)16)3-4-9(10)11/h3-6,14H,13H2,1-2H3,(H,15,16). The molecule has 0 saturated heterocycles. The Labute approximate surface area is 93.1 Å². The van der Waals surface area contributed by atoms with Gasteiger partial charge in [-0.05, 0) is 31.5 Å². The van der Waals surface area contributed by atoms with Crippen LogP contribution < -0.4 is 5.73 Å². The number of carboxylic acids is 1. The van der Waals surface area contributed by atoms with Crippen molar-refractivity contribution in [3.05, 3.63) is 35.0 Å². The molecular formula is C12H14N2O2. The van der Waals surface area contributed by atoms with E-state index in [9.17, 15) is 4.79 Å². The van der Waals surface area contributed by atoms with Gasteiger partial charge in [-0.3, -0.25) is 0 Å². The fourth-order valence-electron chi connectivity index (χ4n) is 2.07. The highest BCUT2D eigenvalue weighted by Gasteiger charge is 2.13. The predicted molar refractivity (Wildman–Crippen MR) is 62.6 cm³/mol. The van der Waals surface area contributed by atoms with Crippen LogP contribution in [0.3, 0.4) is 0 Å². The van der Waals surface area contributed by atoms with E-state index in [1.807, 2.05) is 13.8 Å². The van der Waals surface area contributed by atoms with E-state index in [-0.39, 0.29) is 11.6 Å². The van der Waals surface area contributed by atoms with Crippen LogP contribution in [0.4, 0.5) is 0 Å². The molecule has 2 rings (SSSR count). The lowest BCUT2D eigenvalue weighted by Crippen LogP contribution is -2.05. The fraction of sp³-hybridized carbons (Fsp3) is 0.250. The molecule has 0 radical (unpaired) electrons. The van der Waals surface area contributed by atoms with Crippen LogP contribution in [0.1, 0.15) is 34.6 Å². The summed E-state index contributed by atoms with van der Waals surface area (Å²) >= 11 is 0. The minimum Gasteiger partial charge on any atom is -0.478 e. The molecule has 1 heterocycles. The first-order valence-corrected chi connectivity index (χ1v) is 5.12. The second-order valence-electron chi connectivity index (χ2n) is 4.02. The molecule has 2 aromatic rings. The number of benzene rings is 1. The maximum atomic E-state index is 10.8. The first-order valence-electron chi connectivity index (χ1n) is 5.12. The predicted octanol–water partition coefficient (Wildman–Crippen LogP) is 2.19. The number of fused-ring (bicyclic) bond motifs is 1. The van der Waals surface area contributed by atoms with Gasteiger partial charge in [-0.1, -0.05) is 6.07 Å². The van der Waals surface area contributed by atoms with Gasteiger partial charge < -0.3 is 15.8 Å². The molecule has 0 bridgehead atoms. The molecule has 0 amide bonds. The van der Waals surface area contributed by atoms with E-state index >= 15 is 0 Å². The average molecular weight is 218 g/mol. The van der Waals surface area contributed by atoms with Crippen LogP contribution in [-0.4, -0.2) is 16.1 Å². The Hall–Kier alpha value is -1.81. The highest BCUT2D eigenvalue weighted by atomic mass is 16.4. The van der Waals surface area contributed by atoms with Crippen molar-refractivity contribution >= 4 is 16.9 Å². The first-order chi connectivity index (χ1) is 7.50. The Balaban J connectivity index is 2.70. The highest BCUT2D eigenvalue weighted by molar-refractivity contribution is 5.94. The van der Waals surface area contributed by atoms with Gasteiger partial charge in [0.2, 0.25) is 0 Å². The summed E-state index contributed by atoms with van der Waals surface area (Å²) in [6.45, 7) is 3.86. The molecule has 0 saturated carbocycles. The van der Waals surface area contributed by atoms with E-state index in [0.717, 1.165) is 22.2 Å². The van der Waals surface area contributed by atoms with E-state index in [2.05, 4.69) is 4.98 Å². The number of hydrogen-bond donors (Lipinski definition) is 3. The SMILES string of the molecule is Cc1[nH]c2cc(C(=O)O)ccc2c1C(C)N. The minimum atomic E-state index is -0.920. The number of hydrogen-bond acceptors (Lipinski definition) is 2. The summed E-state index contributed by atoms with van der Waals surface area (Å²) in [5.41, 5.74) is 9.03. The van der Waals surface area contributed by atoms with E-state index < -0.39 is 5.97 Å². The van der Waals surface area contributed by atoms with Crippen LogP contribution >= 0.6 is 0 Å². The van der Waals surface area contributed by atoms with Crippen molar-refractivity contribution in [2.45, 2.75) is 19.9 Å². The molecule has 1 atom stereocenters. The fourth-order valence-corrected chi connectivity index (χ4v) is 2.07. The van der Waals surface area contributed by atoms with E-state index in [4.69, 9.17) is 10.8 Å².